The molecule has 0 amide bonds. The largest absolute Gasteiger partial charge is 0.493 e. The zero-order chi connectivity index (χ0) is 24.7. The van der Waals surface area contributed by atoms with E-state index in [9.17, 15) is 5.11 Å². The van der Waals surface area contributed by atoms with Crippen molar-refractivity contribution in [1.29, 1.82) is 0 Å². The normalized spacial score (nSPS) is 18.7. The van der Waals surface area contributed by atoms with Gasteiger partial charge in [0, 0.05) is 32.0 Å². The summed E-state index contributed by atoms with van der Waals surface area (Å²) in [7, 11) is 1.65. The van der Waals surface area contributed by atoms with Crippen molar-refractivity contribution in [2.24, 2.45) is 0 Å². The standard InChI is InChI=1S/C27H35N3O5/c1-21-4-7-24(8-5-21)35-20-27(31)18-29(12-14-33-19-27)17-23-6-9-25(26(16-23)32-3)34-15-13-30-11-10-28-22(30)2/h4-11,16,31H,12-15,17-20H2,1-3H3/t27-/m0/s1. The zero-order valence-corrected chi connectivity index (χ0v) is 20.8. The summed E-state index contributed by atoms with van der Waals surface area (Å²) in [6.45, 7) is 8.02. The summed E-state index contributed by atoms with van der Waals surface area (Å²) in [6.07, 6.45) is 3.73. The van der Waals surface area contributed by atoms with Crippen LogP contribution in [0.25, 0.3) is 0 Å². The van der Waals surface area contributed by atoms with Crippen LogP contribution in [0.1, 0.15) is 17.0 Å². The van der Waals surface area contributed by atoms with Crippen molar-refractivity contribution in [3.8, 4) is 17.2 Å². The highest BCUT2D eigenvalue weighted by Gasteiger charge is 2.33. The van der Waals surface area contributed by atoms with Crippen molar-refractivity contribution >= 4 is 0 Å². The zero-order valence-electron chi connectivity index (χ0n) is 20.8. The second-order valence-electron chi connectivity index (χ2n) is 9.09. The van der Waals surface area contributed by atoms with Crippen LogP contribution in [0.4, 0.5) is 0 Å². The molecule has 1 aromatic heterocycles. The fourth-order valence-corrected chi connectivity index (χ4v) is 4.15. The Balaban J connectivity index is 1.35. The number of aryl methyl sites for hydroxylation is 2. The highest BCUT2D eigenvalue weighted by Crippen LogP contribution is 2.29. The SMILES string of the molecule is COc1cc(CN2CCOC[C@](O)(COc3ccc(C)cc3)C2)ccc1OCCn1ccnc1C. The first kappa shape index (κ1) is 25.0. The lowest BCUT2D eigenvalue weighted by Gasteiger charge is -2.30. The van der Waals surface area contributed by atoms with Gasteiger partial charge in [-0.2, -0.15) is 0 Å². The van der Waals surface area contributed by atoms with Gasteiger partial charge in [-0.1, -0.05) is 23.8 Å². The summed E-state index contributed by atoms with van der Waals surface area (Å²) >= 11 is 0. The number of aromatic nitrogens is 2. The number of β-amino-alcohol motifs (C(OH)–C–C–N with tert-alkyl or cyclic N) is 1. The van der Waals surface area contributed by atoms with E-state index in [4.69, 9.17) is 18.9 Å². The quantitative estimate of drug-likeness (QED) is 0.476. The molecule has 1 fully saturated rings. The van der Waals surface area contributed by atoms with Gasteiger partial charge < -0.3 is 28.6 Å². The van der Waals surface area contributed by atoms with Gasteiger partial charge in [0.2, 0.25) is 0 Å². The molecule has 0 spiro atoms. The van der Waals surface area contributed by atoms with Gasteiger partial charge in [-0.25, -0.2) is 4.98 Å². The Labute approximate surface area is 207 Å². The van der Waals surface area contributed by atoms with Crippen molar-refractivity contribution < 1.29 is 24.1 Å². The number of aliphatic hydroxyl groups is 1. The van der Waals surface area contributed by atoms with Crippen LogP contribution in [0.15, 0.2) is 54.9 Å². The lowest BCUT2D eigenvalue weighted by Crippen LogP contribution is -2.48. The van der Waals surface area contributed by atoms with Crippen LogP contribution in [-0.2, 0) is 17.8 Å². The lowest BCUT2D eigenvalue weighted by atomic mass is 10.1. The molecule has 8 nitrogen and oxygen atoms in total. The van der Waals surface area contributed by atoms with Gasteiger partial charge in [0.15, 0.2) is 11.5 Å². The Morgan fingerprint density at radius 3 is 2.66 bits per heavy atom. The van der Waals surface area contributed by atoms with E-state index in [0.717, 1.165) is 23.7 Å². The molecule has 1 saturated heterocycles. The molecule has 0 saturated carbocycles. The number of ether oxygens (including phenoxy) is 4. The molecular weight excluding hydrogens is 446 g/mol. The van der Waals surface area contributed by atoms with Crippen molar-refractivity contribution in [1.82, 2.24) is 14.5 Å². The summed E-state index contributed by atoms with van der Waals surface area (Å²) in [5.74, 6) is 3.09. The number of benzene rings is 2. The van der Waals surface area contributed by atoms with Crippen LogP contribution >= 0.6 is 0 Å². The number of imidazole rings is 1. The predicted molar refractivity (Wildman–Crippen MR) is 133 cm³/mol. The van der Waals surface area contributed by atoms with E-state index in [0.29, 0.717) is 44.3 Å². The molecule has 1 aliphatic rings. The summed E-state index contributed by atoms with van der Waals surface area (Å²) in [6, 6.07) is 13.8. The van der Waals surface area contributed by atoms with Gasteiger partial charge in [-0.05, 0) is 43.7 Å². The van der Waals surface area contributed by atoms with E-state index in [2.05, 4.69) is 9.88 Å². The lowest BCUT2D eigenvalue weighted by molar-refractivity contribution is -0.0646. The molecule has 0 bridgehead atoms. The maximum Gasteiger partial charge on any atom is 0.161 e. The number of methoxy groups -OCH3 is 1. The van der Waals surface area contributed by atoms with E-state index >= 15 is 0 Å². The predicted octanol–water partition coefficient (Wildman–Crippen LogP) is 3.23. The fraction of sp³-hybridized carbons (Fsp3) is 0.444. The van der Waals surface area contributed by atoms with Crippen LogP contribution < -0.4 is 14.2 Å². The Hall–Kier alpha value is -3.07. The first-order valence-electron chi connectivity index (χ1n) is 11.9. The van der Waals surface area contributed by atoms with E-state index in [1.54, 1.807) is 13.3 Å². The van der Waals surface area contributed by atoms with Crippen molar-refractivity contribution in [3.63, 3.8) is 0 Å². The Morgan fingerprint density at radius 2 is 1.91 bits per heavy atom. The molecule has 188 valence electrons. The summed E-state index contributed by atoms with van der Waals surface area (Å²) in [5.41, 5.74) is 1.14. The third-order valence-corrected chi connectivity index (χ3v) is 6.12. The number of hydrogen-bond acceptors (Lipinski definition) is 7. The highest BCUT2D eigenvalue weighted by molar-refractivity contribution is 5.43. The molecule has 1 aliphatic heterocycles. The Kier molecular flexibility index (Phi) is 8.28. The molecule has 2 aromatic carbocycles. The maximum absolute atomic E-state index is 11.2. The molecule has 1 N–H and O–H groups in total. The van der Waals surface area contributed by atoms with Crippen LogP contribution in [0.3, 0.4) is 0 Å². The monoisotopic (exact) mass is 481 g/mol. The first-order chi connectivity index (χ1) is 16.9. The smallest absolute Gasteiger partial charge is 0.161 e. The fourth-order valence-electron chi connectivity index (χ4n) is 4.15. The summed E-state index contributed by atoms with van der Waals surface area (Å²) in [5, 5.41) is 11.2. The molecule has 3 aromatic rings. The van der Waals surface area contributed by atoms with Crippen molar-refractivity contribution in [2.45, 2.75) is 32.5 Å². The van der Waals surface area contributed by atoms with Crippen LogP contribution in [0, 0.1) is 13.8 Å². The van der Waals surface area contributed by atoms with E-state index in [-0.39, 0.29) is 13.2 Å². The maximum atomic E-state index is 11.2. The van der Waals surface area contributed by atoms with Gasteiger partial charge in [0.1, 0.15) is 30.4 Å². The average molecular weight is 482 g/mol. The molecular formula is C27H35N3O5. The molecule has 8 heteroatoms. The molecule has 0 aliphatic carbocycles. The molecule has 4 rings (SSSR count). The van der Waals surface area contributed by atoms with Crippen LogP contribution in [-0.4, -0.2) is 71.8 Å². The minimum Gasteiger partial charge on any atom is -0.493 e. The van der Waals surface area contributed by atoms with E-state index in [1.165, 1.54) is 5.56 Å². The van der Waals surface area contributed by atoms with Gasteiger partial charge in [-0.15, -0.1) is 0 Å². The molecule has 2 heterocycles. The molecule has 0 unspecified atom stereocenters. The van der Waals surface area contributed by atoms with E-state index < -0.39 is 5.60 Å². The van der Waals surface area contributed by atoms with Crippen molar-refractivity contribution in [2.75, 3.05) is 46.6 Å². The summed E-state index contributed by atoms with van der Waals surface area (Å²) in [4.78, 5) is 6.42. The molecule has 35 heavy (non-hydrogen) atoms. The molecule has 0 radical (unpaired) electrons. The van der Waals surface area contributed by atoms with Gasteiger partial charge >= 0.3 is 0 Å². The Morgan fingerprint density at radius 1 is 1.09 bits per heavy atom. The van der Waals surface area contributed by atoms with Crippen LogP contribution in [0.5, 0.6) is 17.2 Å². The number of nitrogens with zero attached hydrogens (tertiary/aromatic N) is 3. The number of hydrogen-bond donors (Lipinski definition) is 1. The summed E-state index contributed by atoms with van der Waals surface area (Å²) < 4.78 is 25.2. The minimum absolute atomic E-state index is 0.166. The minimum atomic E-state index is -1.10. The third kappa shape index (κ3) is 6.97. The van der Waals surface area contributed by atoms with Gasteiger partial charge in [-0.3, -0.25) is 4.90 Å². The van der Waals surface area contributed by atoms with Crippen LogP contribution in [0.2, 0.25) is 0 Å². The topological polar surface area (TPSA) is 78.2 Å². The average Bonchev–Trinajstić information content (AvgIpc) is 3.17. The Bertz CT molecular complexity index is 1080. The third-order valence-electron chi connectivity index (χ3n) is 6.12. The second-order valence-corrected chi connectivity index (χ2v) is 9.09. The van der Waals surface area contributed by atoms with E-state index in [1.807, 2.05) is 67.1 Å². The van der Waals surface area contributed by atoms with Gasteiger partial charge in [0.25, 0.3) is 0 Å². The highest BCUT2D eigenvalue weighted by atomic mass is 16.5. The first-order valence-corrected chi connectivity index (χ1v) is 11.9. The second kappa shape index (κ2) is 11.6. The molecule has 1 atom stereocenters. The van der Waals surface area contributed by atoms with Crippen molar-refractivity contribution in [3.05, 3.63) is 71.8 Å². The number of rotatable bonds is 10. The van der Waals surface area contributed by atoms with Gasteiger partial charge in [0.05, 0.1) is 26.9 Å².